The van der Waals surface area contributed by atoms with Crippen molar-refractivity contribution in [2.75, 3.05) is 18.4 Å². The van der Waals surface area contributed by atoms with Crippen LogP contribution in [0.5, 0.6) is 0 Å². The Morgan fingerprint density at radius 2 is 2.18 bits per heavy atom. The van der Waals surface area contributed by atoms with E-state index >= 15 is 0 Å². The van der Waals surface area contributed by atoms with Gasteiger partial charge in [0.05, 0.1) is 6.20 Å². The molecule has 7 nitrogen and oxygen atoms in total. The molecule has 2 amide bonds. The van der Waals surface area contributed by atoms with Crippen LogP contribution in [0.25, 0.3) is 0 Å². The number of urea groups is 1. The summed E-state index contributed by atoms with van der Waals surface area (Å²) in [5.74, 6) is 0.458. The zero-order valence-electron chi connectivity index (χ0n) is 12.6. The van der Waals surface area contributed by atoms with Gasteiger partial charge in [0.1, 0.15) is 0 Å². The van der Waals surface area contributed by atoms with Crippen LogP contribution in [0, 0.1) is 0 Å². The highest BCUT2D eigenvalue weighted by Gasteiger charge is 2.23. The third kappa shape index (κ3) is 3.82. The molecule has 2 aromatic rings. The van der Waals surface area contributed by atoms with Crippen molar-refractivity contribution in [3.63, 3.8) is 0 Å². The number of aromatic nitrogens is 3. The summed E-state index contributed by atoms with van der Waals surface area (Å²) < 4.78 is 1.55. The largest absolute Gasteiger partial charge is 0.334 e. The Morgan fingerprint density at radius 1 is 1.36 bits per heavy atom. The Kier molecular flexibility index (Phi) is 4.34. The van der Waals surface area contributed by atoms with Gasteiger partial charge in [-0.05, 0) is 12.0 Å². The van der Waals surface area contributed by atoms with Crippen molar-refractivity contribution in [2.24, 2.45) is 7.05 Å². The molecule has 1 aliphatic heterocycles. The number of hydrogen-bond donors (Lipinski definition) is 2. The molecule has 0 bridgehead atoms. The molecule has 1 unspecified atom stereocenters. The Morgan fingerprint density at radius 3 is 2.91 bits per heavy atom. The van der Waals surface area contributed by atoms with Gasteiger partial charge >= 0.3 is 6.03 Å². The second-order valence-corrected chi connectivity index (χ2v) is 5.58. The first-order valence-electron chi connectivity index (χ1n) is 7.39. The van der Waals surface area contributed by atoms with Crippen LogP contribution < -0.4 is 10.6 Å². The lowest BCUT2D eigenvalue weighted by Crippen LogP contribution is -2.39. The number of amides is 2. The normalized spacial score (nSPS) is 18.3. The molecule has 1 atom stereocenters. The summed E-state index contributed by atoms with van der Waals surface area (Å²) in [5, 5.41) is 13.3. The third-order valence-corrected chi connectivity index (χ3v) is 3.70. The predicted octanol–water partition coefficient (Wildman–Crippen LogP) is 1.21. The van der Waals surface area contributed by atoms with Crippen molar-refractivity contribution in [3.8, 4) is 0 Å². The van der Waals surface area contributed by atoms with Crippen LogP contribution in [-0.4, -0.2) is 45.1 Å². The summed E-state index contributed by atoms with van der Waals surface area (Å²) >= 11 is 0. The minimum Gasteiger partial charge on any atom is -0.334 e. The van der Waals surface area contributed by atoms with Crippen molar-refractivity contribution in [3.05, 3.63) is 42.1 Å². The molecule has 22 heavy (non-hydrogen) atoms. The van der Waals surface area contributed by atoms with Crippen LogP contribution >= 0.6 is 0 Å². The lowest BCUT2D eigenvalue weighted by atomic mass is 10.2. The van der Waals surface area contributed by atoms with E-state index in [4.69, 9.17) is 0 Å². The van der Waals surface area contributed by atoms with Crippen LogP contribution in [0.4, 0.5) is 10.6 Å². The maximum absolute atomic E-state index is 11.9. The molecule has 3 rings (SSSR count). The third-order valence-electron chi connectivity index (χ3n) is 3.70. The second kappa shape index (κ2) is 6.57. The number of rotatable bonds is 4. The smallest absolute Gasteiger partial charge is 0.320 e. The monoisotopic (exact) mass is 300 g/mol. The number of hydrogen-bond acceptors (Lipinski definition) is 4. The van der Waals surface area contributed by atoms with E-state index in [9.17, 15) is 4.79 Å². The van der Waals surface area contributed by atoms with Crippen LogP contribution in [0.2, 0.25) is 0 Å². The van der Waals surface area contributed by atoms with Crippen molar-refractivity contribution >= 4 is 11.8 Å². The zero-order chi connectivity index (χ0) is 15.4. The molecule has 2 heterocycles. The van der Waals surface area contributed by atoms with E-state index in [2.05, 4.69) is 50.1 Å². The fourth-order valence-electron chi connectivity index (χ4n) is 2.68. The average Bonchev–Trinajstić information content (AvgIpc) is 3.09. The molecular formula is C15H20N6O. The van der Waals surface area contributed by atoms with Gasteiger partial charge in [-0.2, -0.15) is 0 Å². The van der Waals surface area contributed by atoms with Crippen LogP contribution in [-0.2, 0) is 13.6 Å². The van der Waals surface area contributed by atoms with E-state index in [1.807, 2.05) is 6.07 Å². The molecule has 116 valence electrons. The first kappa shape index (κ1) is 14.5. The van der Waals surface area contributed by atoms with Crippen LogP contribution in [0.15, 0.2) is 36.5 Å². The Bertz CT molecular complexity index is 626. The van der Waals surface area contributed by atoms with Gasteiger partial charge in [0.2, 0.25) is 0 Å². The van der Waals surface area contributed by atoms with Crippen molar-refractivity contribution in [2.45, 2.75) is 19.0 Å². The minimum atomic E-state index is -0.230. The fraction of sp³-hybridized carbons (Fsp3) is 0.400. The number of likely N-dealkylation sites (tertiary alicyclic amines) is 1. The molecular weight excluding hydrogens is 280 g/mol. The zero-order valence-corrected chi connectivity index (χ0v) is 12.6. The maximum Gasteiger partial charge on any atom is 0.320 e. The molecule has 1 aliphatic rings. The summed E-state index contributed by atoms with van der Waals surface area (Å²) in [5.41, 5.74) is 1.30. The van der Waals surface area contributed by atoms with E-state index in [0.717, 1.165) is 26.1 Å². The van der Waals surface area contributed by atoms with Gasteiger partial charge in [0, 0.05) is 32.7 Å². The molecule has 7 heteroatoms. The van der Waals surface area contributed by atoms with E-state index < -0.39 is 0 Å². The van der Waals surface area contributed by atoms with Crippen molar-refractivity contribution < 1.29 is 4.79 Å². The fourth-order valence-corrected chi connectivity index (χ4v) is 2.68. The molecule has 0 spiro atoms. The number of carbonyl (C=O) groups excluding carboxylic acids is 1. The SMILES string of the molecule is Cn1cc(NC(=O)NC2CCN(Cc3ccccc3)C2)nn1. The number of carbonyl (C=O) groups is 1. The molecule has 2 N–H and O–H groups in total. The summed E-state index contributed by atoms with van der Waals surface area (Å²) in [4.78, 5) is 14.3. The summed E-state index contributed by atoms with van der Waals surface area (Å²) in [6.45, 7) is 2.78. The molecule has 1 aromatic heterocycles. The van der Waals surface area contributed by atoms with Gasteiger partial charge in [-0.15, -0.1) is 5.10 Å². The highest BCUT2D eigenvalue weighted by atomic mass is 16.2. The summed E-state index contributed by atoms with van der Waals surface area (Å²) in [7, 11) is 1.76. The molecule has 0 aliphatic carbocycles. The lowest BCUT2D eigenvalue weighted by Gasteiger charge is -2.16. The highest BCUT2D eigenvalue weighted by molar-refractivity contribution is 5.88. The maximum atomic E-state index is 11.9. The highest BCUT2D eigenvalue weighted by Crippen LogP contribution is 2.13. The van der Waals surface area contributed by atoms with Gasteiger partial charge in [-0.3, -0.25) is 14.9 Å². The minimum absolute atomic E-state index is 0.167. The standard InChI is InChI=1S/C15H20N6O/c1-20-11-14(18-19-20)17-15(22)16-13-7-8-21(10-13)9-12-5-3-2-4-6-12/h2-6,11,13H,7-10H2,1H3,(H2,16,17,22). The Labute approximate surface area is 129 Å². The molecule has 0 radical (unpaired) electrons. The van der Waals surface area contributed by atoms with E-state index in [1.165, 1.54) is 5.56 Å². The topological polar surface area (TPSA) is 75.1 Å². The molecule has 0 saturated carbocycles. The number of nitrogens with zero attached hydrogens (tertiary/aromatic N) is 4. The predicted molar refractivity (Wildman–Crippen MR) is 83.3 cm³/mol. The van der Waals surface area contributed by atoms with Crippen LogP contribution in [0.3, 0.4) is 0 Å². The molecule has 1 aromatic carbocycles. The van der Waals surface area contributed by atoms with Crippen LogP contribution in [0.1, 0.15) is 12.0 Å². The van der Waals surface area contributed by atoms with Gasteiger partial charge in [-0.25, -0.2) is 4.79 Å². The summed E-state index contributed by atoms with van der Waals surface area (Å²) in [6, 6.07) is 10.3. The number of benzene rings is 1. The van der Waals surface area contributed by atoms with E-state index in [0.29, 0.717) is 5.82 Å². The van der Waals surface area contributed by atoms with Crippen molar-refractivity contribution in [1.29, 1.82) is 0 Å². The first-order valence-corrected chi connectivity index (χ1v) is 7.39. The average molecular weight is 300 g/mol. The number of nitrogens with one attached hydrogen (secondary N) is 2. The molecule has 1 saturated heterocycles. The van der Waals surface area contributed by atoms with Crippen molar-refractivity contribution in [1.82, 2.24) is 25.2 Å². The van der Waals surface area contributed by atoms with Gasteiger partial charge in [0.25, 0.3) is 0 Å². The molecule has 1 fully saturated rings. The Hall–Kier alpha value is -2.41. The number of aryl methyl sites for hydroxylation is 1. The van der Waals surface area contributed by atoms with Gasteiger partial charge in [-0.1, -0.05) is 35.5 Å². The second-order valence-electron chi connectivity index (χ2n) is 5.58. The van der Waals surface area contributed by atoms with Gasteiger partial charge < -0.3 is 5.32 Å². The van der Waals surface area contributed by atoms with E-state index in [1.54, 1.807) is 17.9 Å². The first-order chi connectivity index (χ1) is 10.7. The lowest BCUT2D eigenvalue weighted by molar-refractivity contribution is 0.247. The Balaban J connectivity index is 1.45. The van der Waals surface area contributed by atoms with E-state index in [-0.39, 0.29) is 12.1 Å². The van der Waals surface area contributed by atoms with Gasteiger partial charge in [0.15, 0.2) is 5.82 Å². The summed E-state index contributed by atoms with van der Waals surface area (Å²) in [6.07, 6.45) is 2.62. The quantitative estimate of drug-likeness (QED) is 0.890. The number of anilines is 1.